The number of anilines is 2. The van der Waals surface area contributed by atoms with Crippen LogP contribution in [0.3, 0.4) is 0 Å². The molecular formula is C19H25N5O. The minimum atomic E-state index is 0.240. The van der Waals surface area contributed by atoms with E-state index in [4.69, 9.17) is 5.73 Å². The zero-order chi connectivity index (χ0) is 17.6. The maximum atomic E-state index is 12.4. The van der Waals surface area contributed by atoms with E-state index in [9.17, 15) is 4.79 Å². The first-order valence-electron chi connectivity index (χ1n) is 8.79. The fourth-order valence-corrected chi connectivity index (χ4v) is 3.20. The Morgan fingerprint density at radius 2 is 1.96 bits per heavy atom. The van der Waals surface area contributed by atoms with Crippen LogP contribution in [0.25, 0.3) is 0 Å². The van der Waals surface area contributed by atoms with Crippen LogP contribution in [0.15, 0.2) is 36.4 Å². The first kappa shape index (κ1) is 17.2. The van der Waals surface area contributed by atoms with Crippen LogP contribution in [0.5, 0.6) is 0 Å². The second-order valence-electron chi connectivity index (χ2n) is 6.54. The molecule has 3 rings (SSSR count). The molecule has 1 aliphatic rings. The minimum Gasteiger partial charge on any atom is -0.368 e. The average Bonchev–Trinajstić information content (AvgIpc) is 2.60. The van der Waals surface area contributed by atoms with Crippen LogP contribution in [0.2, 0.25) is 0 Å². The molecule has 25 heavy (non-hydrogen) atoms. The maximum Gasteiger partial charge on any atom is 0.222 e. The SMILES string of the molecule is Cc1cc(NC2CCN(C(=O)CCc3ccccc3)CC2)nc(N)n1. The molecule has 0 bridgehead atoms. The molecule has 6 nitrogen and oxygen atoms in total. The molecule has 2 heterocycles. The van der Waals surface area contributed by atoms with Crippen molar-refractivity contribution in [3.63, 3.8) is 0 Å². The van der Waals surface area contributed by atoms with E-state index in [1.807, 2.05) is 36.1 Å². The van der Waals surface area contributed by atoms with Crippen molar-refractivity contribution in [2.45, 2.75) is 38.6 Å². The number of amides is 1. The number of nitrogens with zero attached hydrogens (tertiary/aromatic N) is 3. The minimum absolute atomic E-state index is 0.240. The van der Waals surface area contributed by atoms with Gasteiger partial charge in [0, 0.05) is 37.3 Å². The third-order valence-electron chi connectivity index (χ3n) is 4.54. The Morgan fingerprint density at radius 3 is 2.64 bits per heavy atom. The van der Waals surface area contributed by atoms with Crippen LogP contribution < -0.4 is 11.1 Å². The molecule has 2 aromatic rings. The zero-order valence-electron chi connectivity index (χ0n) is 14.6. The van der Waals surface area contributed by atoms with Crippen LogP contribution in [0, 0.1) is 6.92 Å². The first-order valence-corrected chi connectivity index (χ1v) is 8.79. The van der Waals surface area contributed by atoms with Gasteiger partial charge in [-0.2, -0.15) is 4.98 Å². The van der Waals surface area contributed by atoms with Crippen molar-refractivity contribution in [3.8, 4) is 0 Å². The van der Waals surface area contributed by atoms with E-state index in [0.29, 0.717) is 12.5 Å². The predicted molar refractivity (Wildman–Crippen MR) is 99.2 cm³/mol. The van der Waals surface area contributed by atoms with Crippen molar-refractivity contribution >= 4 is 17.7 Å². The molecule has 0 aliphatic carbocycles. The fraction of sp³-hybridized carbons (Fsp3) is 0.421. The molecule has 132 valence electrons. The highest BCUT2D eigenvalue weighted by molar-refractivity contribution is 5.76. The topological polar surface area (TPSA) is 84.1 Å². The Labute approximate surface area is 148 Å². The highest BCUT2D eigenvalue weighted by Gasteiger charge is 2.22. The van der Waals surface area contributed by atoms with Gasteiger partial charge >= 0.3 is 0 Å². The molecule has 0 unspecified atom stereocenters. The number of nitrogens with two attached hydrogens (primary N) is 1. The third-order valence-corrected chi connectivity index (χ3v) is 4.54. The molecule has 6 heteroatoms. The number of carbonyl (C=O) groups is 1. The lowest BCUT2D eigenvalue weighted by molar-refractivity contribution is -0.132. The second-order valence-corrected chi connectivity index (χ2v) is 6.54. The van der Waals surface area contributed by atoms with Gasteiger partial charge in [0.25, 0.3) is 0 Å². The van der Waals surface area contributed by atoms with Gasteiger partial charge in [-0.25, -0.2) is 4.98 Å². The molecule has 1 amide bonds. The van der Waals surface area contributed by atoms with Crippen molar-refractivity contribution in [2.75, 3.05) is 24.1 Å². The Bertz CT molecular complexity index is 691. The maximum absolute atomic E-state index is 12.4. The number of piperidine rings is 1. The Kier molecular flexibility index (Phi) is 5.48. The summed E-state index contributed by atoms with van der Waals surface area (Å²) in [5, 5.41) is 3.41. The van der Waals surface area contributed by atoms with Gasteiger partial charge in [-0.05, 0) is 31.7 Å². The second kappa shape index (κ2) is 7.96. The molecular weight excluding hydrogens is 314 g/mol. The van der Waals surface area contributed by atoms with E-state index < -0.39 is 0 Å². The first-order chi connectivity index (χ1) is 12.1. The van der Waals surface area contributed by atoms with E-state index in [-0.39, 0.29) is 11.9 Å². The fourth-order valence-electron chi connectivity index (χ4n) is 3.20. The number of hydrogen-bond donors (Lipinski definition) is 2. The predicted octanol–water partition coefficient (Wildman–Crippen LogP) is 2.40. The molecule has 1 aliphatic heterocycles. The van der Waals surface area contributed by atoms with Crippen molar-refractivity contribution in [1.29, 1.82) is 0 Å². The lowest BCUT2D eigenvalue weighted by Crippen LogP contribution is -2.42. The zero-order valence-corrected chi connectivity index (χ0v) is 14.6. The van der Waals surface area contributed by atoms with E-state index in [1.165, 1.54) is 5.56 Å². The summed E-state index contributed by atoms with van der Waals surface area (Å²) in [5.74, 6) is 1.29. The monoisotopic (exact) mass is 339 g/mol. The number of nitrogen functional groups attached to an aromatic ring is 1. The van der Waals surface area contributed by atoms with Crippen LogP contribution >= 0.6 is 0 Å². The van der Waals surface area contributed by atoms with Gasteiger partial charge in [0.05, 0.1) is 0 Å². The van der Waals surface area contributed by atoms with E-state index >= 15 is 0 Å². The number of hydrogen-bond acceptors (Lipinski definition) is 5. The molecule has 1 fully saturated rings. The summed E-state index contributed by atoms with van der Waals surface area (Å²) in [4.78, 5) is 22.7. The number of likely N-dealkylation sites (tertiary alicyclic amines) is 1. The summed E-state index contributed by atoms with van der Waals surface area (Å²) in [6.07, 6.45) is 3.21. The van der Waals surface area contributed by atoms with Gasteiger partial charge in [0.2, 0.25) is 11.9 Å². The molecule has 0 spiro atoms. The number of benzene rings is 1. The Hall–Kier alpha value is -2.63. The standard InChI is InChI=1S/C19H25N5O/c1-14-13-17(23-19(20)21-14)22-16-9-11-24(12-10-16)18(25)8-7-15-5-3-2-4-6-15/h2-6,13,16H,7-12H2,1H3,(H3,20,21,22,23). The molecule has 1 aromatic carbocycles. The van der Waals surface area contributed by atoms with Gasteiger partial charge in [0.15, 0.2) is 0 Å². The summed E-state index contributed by atoms with van der Waals surface area (Å²) in [5.41, 5.74) is 7.76. The van der Waals surface area contributed by atoms with Crippen LogP contribution in [-0.4, -0.2) is 39.9 Å². The highest BCUT2D eigenvalue weighted by atomic mass is 16.2. The number of aryl methyl sites for hydroxylation is 2. The van der Waals surface area contributed by atoms with Crippen LogP contribution in [0.4, 0.5) is 11.8 Å². The van der Waals surface area contributed by atoms with Gasteiger partial charge < -0.3 is 16.0 Å². The van der Waals surface area contributed by atoms with Crippen molar-refractivity contribution in [1.82, 2.24) is 14.9 Å². The van der Waals surface area contributed by atoms with E-state index in [0.717, 1.165) is 43.9 Å². The number of aromatic nitrogens is 2. The van der Waals surface area contributed by atoms with Gasteiger partial charge in [0.1, 0.15) is 5.82 Å². The van der Waals surface area contributed by atoms with Gasteiger partial charge in [-0.3, -0.25) is 4.79 Å². The largest absolute Gasteiger partial charge is 0.368 e. The summed E-state index contributed by atoms with van der Waals surface area (Å²) in [6, 6.07) is 12.4. The number of carbonyl (C=O) groups excluding carboxylic acids is 1. The normalized spacial score (nSPS) is 15.2. The smallest absolute Gasteiger partial charge is 0.222 e. The van der Waals surface area contributed by atoms with E-state index in [2.05, 4.69) is 27.4 Å². The van der Waals surface area contributed by atoms with Crippen molar-refractivity contribution in [2.24, 2.45) is 0 Å². The summed E-state index contributed by atoms with van der Waals surface area (Å²) >= 11 is 0. The summed E-state index contributed by atoms with van der Waals surface area (Å²) < 4.78 is 0. The lowest BCUT2D eigenvalue weighted by Gasteiger charge is -2.32. The van der Waals surface area contributed by atoms with Gasteiger partial charge in [-0.1, -0.05) is 30.3 Å². The number of rotatable bonds is 5. The lowest BCUT2D eigenvalue weighted by atomic mass is 10.0. The summed E-state index contributed by atoms with van der Waals surface area (Å²) in [7, 11) is 0. The molecule has 0 atom stereocenters. The van der Waals surface area contributed by atoms with Crippen LogP contribution in [0.1, 0.15) is 30.5 Å². The van der Waals surface area contributed by atoms with Crippen molar-refractivity contribution in [3.05, 3.63) is 47.7 Å². The molecule has 1 aromatic heterocycles. The molecule has 0 radical (unpaired) electrons. The average molecular weight is 339 g/mol. The number of nitrogens with one attached hydrogen (secondary N) is 1. The molecule has 3 N–H and O–H groups in total. The quantitative estimate of drug-likeness (QED) is 0.874. The molecule has 1 saturated heterocycles. The Balaban J connectivity index is 1.45. The van der Waals surface area contributed by atoms with Crippen molar-refractivity contribution < 1.29 is 4.79 Å². The Morgan fingerprint density at radius 1 is 1.24 bits per heavy atom. The molecule has 0 saturated carbocycles. The highest BCUT2D eigenvalue weighted by Crippen LogP contribution is 2.17. The van der Waals surface area contributed by atoms with Crippen LogP contribution in [-0.2, 0) is 11.2 Å². The third kappa shape index (κ3) is 4.92. The summed E-state index contributed by atoms with van der Waals surface area (Å²) in [6.45, 7) is 3.47. The van der Waals surface area contributed by atoms with Gasteiger partial charge in [-0.15, -0.1) is 0 Å². The van der Waals surface area contributed by atoms with E-state index in [1.54, 1.807) is 0 Å².